The summed E-state index contributed by atoms with van der Waals surface area (Å²) in [6.07, 6.45) is 0.559. The quantitative estimate of drug-likeness (QED) is 0.825. The number of benzene rings is 1. The van der Waals surface area contributed by atoms with Gasteiger partial charge in [-0.05, 0) is 31.5 Å². The molecular formula is C12H15ClFNO2. The monoisotopic (exact) mass is 259 g/mol. The first-order chi connectivity index (χ1) is 8.08. The molecule has 0 bridgehead atoms. The van der Waals surface area contributed by atoms with E-state index in [2.05, 4.69) is 5.32 Å². The highest BCUT2D eigenvalue weighted by atomic mass is 35.5. The zero-order valence-corrected chi connectivity index (χ0v) is 10.6. The van der Waals surface area contributed by atoms with Gasteiger partial charge in [0, 0.05) is 5.69 Å². The lowest BCUT2D eigenvalue weighted by atomic mass is 10.2. The molecule has 0 aromatic heterocycles. The van der Waals surface area contributed by atoms with Crippen LogP contribution in [0.25, 0.3) is 0 Å². The van der Waals surface area contributed by atoms with E-state index in [0.29, 0.717) is 18.7 Å². The van der Waals surface area contributed by atoms with Crippen molar-refractivity contribution in [2.24, 2.45) is 0 Å². The lowest BCUT2D eigenvalue weighted by Crippen LogP contribution is -2.30. The van der Waals surface area contributed by atoms with Gasteiger partial charge in [-0.25, -0.2) is 9.18 Å². The zero-order chi connectivity index (χ0) is 12.8. The minimum absolute atomic E-state index is 0.0553. The Balaban J connectivity index is 2.73. The zero-order valence-electron chi connectivity index (χ0n) is 9.80. The van der Waals surface area contributed by atoms with Crippen LogP contribution in [0.5, 0.6) is 0 Å². The van der Waals surface area contributed by atoms with Gasteiger partial charge in [-0.1, -0.05) is 18.5 Å². The van der Waals surface area contributed by atoms with Gasteiger partial charge in [0.05, 0.1) is 11.6 Å². The minimum Gasteiger partial charge on any atom is -0.464 e. The van der Waals surface area contributed by atoms with Gasteiger partial charge in [-0.2, -0.15) is 0 Å². The van der Waals surface area contributed by atoms with Crippen LogP contribution in [-0.4, -0.2) is 18.6 Å². The molecule has 0 amide bonds. The molecule has 94 valence electrons. The summed E-state index contributed by atoms with van der Waals surface area (Å²) in [7, 11) is 0. The molecule has 3 nitrogen and oxygen atoms in total. The molecule has 1 atom stereocenters. The van der Waals surface area contributed by atoms with E-state index in [0.717, 1.165) is 0 Å². The molecule has 1 N–H and O–H groups in total. The van der Waals surface area contributed by atoms with Gasteiger partial charge in [-0.3, -0.25) is 0 Å². The second kappa shape index (κ2) is 6.45. The third kappa shape index (κ3) is 3.89. The van der Waals surface area contributed by atoms with Gasteiger partial charge < -0.3 is 10.1 Å². The van der Waals surface area contributed by atoms with Crippen molar-refractivity contribution in [2.45, 2.75) is 26.3 Å². The van der Waals surface area contributed by atoms with Gasteiger partial charge in [0.1, 0.15) is 11.9 Å². The molecule has 1 rings (SSSR count). The molecule has 0 aliphatic rings. The highest BCUT2D eigenvalue weighted by Crippen LogP contribution is 2.19. The first kappa shape index (κ1) is 13.8. The fourth-order valence-corrected chi connectivity index (χ4v) is 1.48. The molecule has 0 saturated heterocycles. The second-order valence-electron chi connectivity index (χ2n) is 3.49. The van der Waals surface area contributed by atoms with E-state index < -0.39 is 11.9 Å². The maximum absolute atomic E-state index is 13.2. The summed E-state index contributed by atoms with van der Waals surface area (Å²) in [6, 6.07) is 3.84. The Hall–Kier alpha value is -1.29. The van der Waals surface area contributed by atoms with Crippen LogP contribution in [0.2, 0.25) is 5.02 Å². The van der Waals surface area contributed by atoms with Gasteiger partial charge in [0.15, 0.2) is 0 Å². The molecule has 5 heteroatoms. The summed E-state index contributed by atoms with van der Waals surface area (Å²) in [6.45, 7) is 3.92. The first-order valence-corrected chi connectivity index (χ1v) is 5.84. The summed E-state index contributed by atoms with van der Waals surface area (Å²) in [5.41, 5.74) is 0.506. The second-order valence-corrected chi connectivity index (χ2v) is 3.89. The predicted molar refractivity (Wildman–Crippen MR) is 65.7 cm³/mol. The fraction of sp³-hybridized carbons (Fsp3) is 0.417. The molecule has 1 aromatic carbocycles. The van der Waals surface area contributed by atoms with E-state index in [1.165, 1.54) is 12.1 Å². The van der Waals surface area contributed by atoms with Crippen molar-refractivity contribution >= 4 is 23.3 Å². The number of carbonyl (C=O) groups is 1. The minimum atomic E-state index is -0.518. The van der Waals surface area contributed by atoms with Crippen molar-refractivity contribution in [1.29, 1.82) is 0 Å². The number of rotatable bonds is 5. The number of halogens is 2. The van der Waals surface area contributed by atoms with E-state index in [1.807, 2.05) is 6.92 Å². The summed E-state index contributed by atoms with van der Waals surface area (Å²) in [4.78, 5) is 11.5. The maximum Gasteiger partial charge on any atom is 0.328 e. The summed E-state index contributed by atoms with van der Waals surface area (Å²) in [5.74, 6) is -0.860. The maximum atomic E-state index is 13.2. The molecule has 0 saturated carbocycles. The van der Waals surface area contributed by atoms with Crippen LogP contribution < -0.4 is 5.32 Å². The summed E-state index contributed by atoms with van der Waals surface area (Å²) in [5, 5.41) is 2.96. The molecule has 1 aromatic rings. The van der Waals surface area contributed by atoms with Crippen molar-refractivity contribution in [3.63, 3.8) is 0 Å². The van der Waals surface area contributed by atoms with E-state index in [1.54, 1.807) is 13.0 Å². The number of ether oxygens (including phenoxy) is 1. The Bertz CT molecular complexity index is 398. The normalized spacial score (nSPS) is 12.0. The number of hydrogen-bond acceptors (Lipinski definition) is 3. The van der Waals surface area contributed by atoms with Crippen molar-refractivity contribution in [1.82, 2.24) is 0 Å². The average molecular weight is 260 g/mol. The number of esters is 1. The predicted octanol–water partition coefficient (Wildman–Crippen LogP) is 3.23. The SMILES string of the molecule is CCOC(=O)C(CC)Nc1ccc(Cl)c(F)c1. The van der Waals surface area contributed by atoms with Crippen LogP contribution in [0.15, 0.2) is 18.2 Å². The average Bonchev–Trinajstić information content (AvgIpc) is 2.30. The van der Waals surface area contributed by atoms with Crippen LogP contribution in [0.3, 0.4) is 0 Å². The molecule has 17 heavy (non-hydrogen) atoms. The third-order valence-electron chi connectivity index (χ3n) is 2.24. The molecule has 0 heterocycles. The standard InChI is InChI=1S/C12H15ClFNO2/c1-3-11(12(16)17-4-2)15-8-5-6-9(13)10(14)7-8/h5-7,11,15H,3-4H2,1-2H3. The third-order valence-corrected chi connectivity index (χ3v) is 2.55. The summed E-state index contributed by atoms with van der Waals surface area (Å²) >= 11 is 5.57. The molecule has 0 aliphatic heterocycles. The Labute approximate surface area is 105 Å². The number of nitrogens with one attached hydrogen (secondary N) is 1. The topological polar surface area (TPSA) is 38.3 Å². The van der Waals surface area contributed by atoms with E-state index in [9.17, 15) is 9.18 Å². The summed E-state index contributed by atoms with van der Waals surface area (Å²) < 4.78 is 18.1. The van der Waals surface area contributed by atoms with Crippen molar-refractivity contribution in [2.75, 3.05) is 11.9 Å². The lowest BCUT2D eigenvalue weighted by molar-refractivity contribution is -0.144. The number of hydrogen-bond donors (Lipinski definition) is 1. The van der Waals surface area contributed by atoms with Crippen LogP contribution in [0.4, 0.5) is 10.1 Å². The van der Waals surface area contributed by atoms with Crippen LogP contribution >= 0.6 is 11.6 Å². The largest absolute Gasteiger partial charge is 0.464 e. The van der Waals surface area contributed by atoms with Gasteiger partial charge in [0.25, 0.3) is 0 Å². The van der Waals surface area contributed by atoms with Crippen molar-refractivity contribution < 1.29 is 13.9 Å². The van der Waals surface area contributed by atoms with E-state index in [-0.39, 0.29) is 11.0 Å². The highest BCUT2D eigenvalue weighted by Gasteiger charge is 2.17. The molecule has 0 aliphatic carbocycles. The Morgan fingerprint density at radius 1 is 1.53 bits per heavy atom. The lowest BCUT2D eigenvalue weighted by Gasteiger charge is -2.16. The molecule has 0 radical (unpaired) electrons. The Morgan fingerprint density at radius 3 is 2.76 bits per heavy atom. The van der Waals surface area contributed by atoms with Gasteiger partial charge in [-0.15, -0.1) is 0 Å². The fourth-order valence-electron chi connectivity index (χ4n) is 1.36. The van der Waals surface area contributed by atoms with Crippen LogP contribution in [-0.2, 0) is 9.53 Å². The van der Waals surface area contributed by atoms with Gasteiger partial charge in [0.2, 0.25) is 0 Å². The van der Waals surface area contributed by atoms with Gasteiger partial charge >= 0.3 is 5.97 Å². The van der Waals surface area contributed by atoms with Crippen LogP contribution in [0, 0.1) is 5.82 Å². The number of anilines is 1. The smallest absolute Gasteiger partial charge is 0.328 e. The Kier molecular flexibility index (Phi) is 5.22. The van der Waals surface area contributed by atoms with Crippen LogP contribution in [0.1, 0.15) is 20.3 Å². The highest BCUT2D eigenvalue weighted by molar-refractivity contribution is 6.30. The van der Waals surface area contributed by atoms with Crippen molar-refractivity contribution in [3.05, 3.63) is 29.0 Å². The van der Waals surface area contributed by atoms with E-state index in [4.69, 9.17) is 16.3 Å². The molecule has 0 fully saturated rings. The number of carbonyl (C=O) groups excluding carboxylic acids is 1. The van der Waals surface area contributed by atoms with E-state index >= 15 is 0 Å². The first-order valence-electron chi connectivity index (χ1n) is 5.46. The Morgan fingerprint density at radius 2 is 2.24 bits per heavy atom. The molecule has 1 unspecified atom stereocenters. The molecule has 0 spiro atoms. The van der Waals surface area contributed by atoms with Crippen molar-refractivity contribution in [3.8, 4) is 0 Å². The molecular weight excluding hydrogens is 245 g/mol.